The van der Waals surface area contributed by atoms with Crippen LogP contribution in [0.3, 0.4) is 0 Å². The number of nitrogens with zero attached hydrogens (tertiary/aromatic N) is 2. The van der Waals surface area contributed by atoms with Crippen LogP contribution in [0.1, 0.15) is 5.56 Å². The summed E-state index contributed by atoms with van der Waals surface area (Å²) in [5.74, 6) is 0.578. The molecular weight excluding hydrogens is 357 g/mol. The molecule has 0 saturated heterocycles. The molecule has 0 amide bonds. The third-order valence-corrected chi connectivity index (χ3v) is 5.55. The van der Waals surface area contributed by atoms with Crippen LogP contribution in [0.5, 0.6) is 5.75 Å². The first-order valence-corrected chi connectivity index (χ1v) is 9.53. The first-order valence-electron chi connectivity index (χ1n) is 7.83. The molecular formula is C18H16FN3OS2. The minimum atomic E-state index is -0.228. The van der Waals surface area contributed by atoms with E-state index in [1.807, 2.05) is 36.6 Å². The van der Waals surface area contributed by atoms with Crippen molar-refractivity contribution in [1.29, 1.82) is 0 Å². The molecule has 3 aromatic rings. The standard InChI is InChI=1S/C18H16FN3OS2/c1-12-2-3-13(19)10-16(12)22-7-8-23-17-11-14(4-5-15(17)22)25-21-18-20-6-9-24-18/h2-6,9-11H,7-8H2,1H3,(H,20,21). The SMILES string of the molecule is Cc1ccc(F)cc1N1CCOc2cc(SNc3nccs3)ccc21. The number of aryl methyl sites for hydroxylation is 1. The number of hydrogen-bond acceptors (Lipinski definition) is 6. The fourth-order valence-electron chi connectivity index (χ4n) is 2.76. The lowest BCUT2D eigenvalue weighted by Gasteiger charge is -2.32. The molecule has 0 atom stereocenters. The zero-order chi connectivity index (χ0) is 17.2. The van der Waals surface area contributed by atoms with Crippen molar-refractivity contribution in [3.63, 3.8) is 0 Å². The monoisotopic (exact) mass is 373 g/mol. The number of thiazole rings is 1. The molecule has 0 bridgehead atoms. The average Bonchev–Trinajstić information content (AvgIpc) is 3.15. The van der Waals surface area contributed by atoms with Crippen molar-refractivity contribution in [1.82, 2.24) is 4.98 Å². The Kier molecular flexibility index (Phi) is 4.50. The van der Waals surface area contributed by atoms with Gasteiger partial charge in [-0.3, -0.25) is 0 Å². The summed E-state index contributed by atoms with van der Waals surface area (Å²) in [6.07, 6.45) is 1.77. The second kappa shape index (κ2) is 6.93. The average molecular weight is 373 g/mol. The Morgan fingerprint density at radius 3 is 3.00 bits per heavy atom. The number of benzene rings is 2. The van der Waals surface area contributed by atoms with Crippen LogP contribution in [0.25, 0.3) is 0 Å². The van der Waals surface area contributed by atoms with E-state index < -0.39 is 0 Å². The molecule has 0 saturated carbocycles. The summed E-state index contributed by atoms with van der Waals surface area (Å²) in [5, 5.41) is 2.79. The molecule has 0 fully saturated rings. The van der Waals surface area contributed by atoms with Crippen LogP contribution < -0.4 is 14.4 Å². The molecule has 4 rings (SSSR count). The Bertz CT molecular complexity index is 886. The molecule has 128 valence electrons. The van der Waals surface area contributed by atoms with Gasteiger partial charge in [0.15, 0.2) is 5.13 Å². The fraction of sp³-hybridized carbons (Fsp3) is 0.167. The highest BCUT2D eigenvalue weighted by atomic mass is 32.2. The fourth-order valence-corrected chi connectivity index (χ4v) is 4.01. The predicted molar refractivity (Wildman–Crippen MR) is 102 cm³/mol. The summed E-state index contributed by atoms with van der Waals surface area (Å²) in [7, 11) is 0. The molecule has 1 aliphatic heterocycles. The molecule has 0 unspecified atom stereocenters. The van der Waals surface area contributed by atoms with E-state index in [-0.39, 0.29) is 5.82 Å². The van der Waals surface area contributed by atoms with Crippen LogP contribution >= 0.6 is 23.3 Å². The Labute approximate surface area is 153 Å². The first-order chi connectivity index (χ1) is 12.2. The van der Waals surface area contributed by atoms with Crippen molar-refractivity contribution < 1.29 is 9.13 Å². The summed E-state index contributed by atoms with van der Waals surface area (Å²) in [4.78, 5) is 7.35. The van der Waals surface area contributed by atoms with E-state index >= 15 is 0 Å². The smallest absolute Gasteiger partial charge is 0.192 e. The number of hydrogen-bond donors (Lipinski definition) is 1. The molecule has 0 spiro atoms. The molecule has 4 nitrogen and oxygen atoms in total. The van der Waals surface area contributed by atoms with Gasteiger partial charge in [-0.15, -0.1) is 11.3 Å². The third-order valence-electron chi connectivity index (χ3n) is 3.95. The van der Waals surface area contributed by atoms with Crippen LogP contribution in [0.4, 0.5) is 20.9 Å². The maximum absolute atomic E-state index is 13.7. The van der Waals surface area contributed by atoms with Gasteiger partial charge in [0.1, 0.15) is 18.2 Å². The van der Waals surface area contributed by atoms with Crippen molar-refractivity contribution in [3.05, 3.63) is 59.4 Å². The van der Waals surface area contributed by atoms with Gasteiger partial charge in [0.25, 0.3) is 0 Å². The van der Waals surface area contributed by atoms with E-state index in [4.69, 9.17) is 4.74 Å². The van der Waals surface area contributed by atoms with Gasteiger partial charge in [0.2, 0.25) is 0 Å². The zero-order valence-electron chi connectivity index (χ0n) is 13.5. The number of aromatic nitrogens is 1. The van der Waals surface area contributed by atoms with E-state index in [1.54, 1.807) is 23.6 Å². The predicted octanol–water partition coefficient (Wildman–Crippen LogP) is 5.24. The van der Waals surface area contributed by atoms with Crippen LogP contribution in [-0.2, 0) is 0 Å². The van der Waals surface area contributed by atoms with Gasteiger partial charge in [-0.1, -0.05) is 6.07 Å². The van der Waals surface area contributed by atoms with Gasteiger partial charge in [0.05, 0.1) is 12.2 Å². The van der Waals surface area contributed by atoms with Gasteiger partial charge in [-0.2, -0.15) is 0 Å². The second-order valence-corrected chi connectivity index (χ2v) is 7.38. The molecule has 1 aliphatic rings. The van der Waals surface area contributed by atoms with E-state index in [0.717, 1.165) is 32.7 Å². The maximum Gasteiger partial charge on any atom is 0.192 e. The van der Waals surface area contributed by atoms with Crippen LogP contribution in [-0.4, -0.2) is 18.1 Å². The highest BCUT2D eigenvalue weighted by Crippen LogP contribution is 2.40. The lowest BCUT2D eigenvalue weighted by atomic mass is 10.1. The lowest BCUT2D eigenvalue weighted by molar-refractivity contribution is 0.313. The summed E-state index contributed by atoms with van der Waals surface area (Å²) >= 11 is 3.05. The van der Waals surface area contributed by atoms with E-state index in [0.29, 0.717) is 13.2 Å². The van der Waals surface area contributed by atoms with Gasteiger partial charge in [-0.05, 0) is 54.8 Å². The molecule has 2 heterocycles. The summed E-state index contributed by atoms with van der Waals surface area (Å²) < 4.78 is 22.7. The molecule has 25 heavy (non-hydrogen) atoms. The van der Waals surface area contributed by atoms with Crippen molar-refractivity contribution in [2.24, 2.45) is 0 Å². The molecule has 2 aromatic carbocycles. The Balaban J connectivity index is 1.60. The van der Waals surface area contributed by atoms with Crippen molar-refractivity contribution in [3.8, 4) is 5.75 Å². The number of rotatable bonds is 4. The summed E-state index contributed by atoms with van der Waals surface area (Å²) in [5.41, 5.74) is 2.88. The number of nitrogens with one attached hydrogen (secondary N) is 1. The highest BCUT2D eigenvalue weighted by Gasteiger charge is 2.21. The number of ether oxygens (including phenoxy) is 1. The summed E-state index contributed by atoms with van der Waals surface area (Å²) in [6.45, 7) is 3.25. The minimum Gasteiger partial charge on any atom is -0.489 e. The normalized spacial score (nSPS) is 13.3. The summed E-state index contributed by atoms with van der Waals surface area (Å²) in [6, 6.07) is 10.9. The van der Waals surface area contributed by atoms with Crippen LogP contribution in [0, 0.1) is 12.7 Å². The van der Waals surface area contributed by atoms with Crippen molar-refractivity contribution in [2.45, 2.75) is 11.8 Å². The van der Waals surface area contributed by atoms with Crippen LogP contribution in [0.15, 0.2) is 52.9 Å². The first kappa shape index (κ1) is 16.2. The number of halogens is 1. The third kappa shape index (κ3) is 3.43. The largest absolute Gasteiger partial charge is 0.489 e. The quantitative estimate of drug-likeness (QED) is 0.633. The van der Waals surface area contributed by atoms with Gasteiger partial charge >= 0.3 is 0 Å². The van der Waals surface area contributed by atoms with E-state index in [9.17, 15) is 4.39 Å². The van der Waals surface area contributed by atoms with Crippen molar-refractivity contribution >= 4 is 39.8 Å². The van der Waals surface area contributed by atoms with E-state index in [2.05, 4.69) is 14.6 Å². The zero-order valence-corrected chi connectivity index (χ0v) is 15.2. The Morgan fingerprint density at radius 2 is 2.16 bits per heavy atom. The Hall–Kier alpha value is -2.25. The maximum atomic E-state index is 13.7. The van der Waals surface area contributed by atoms with Gasteiger partial charge in [0, 0.05) is 22.2 Å². The topological polar surface area (TPSA) is 37.4 Å². The van der Waals surface area contributed by atoms with Crippen LogP contribution in [0.2, 0.25) is 0 Å². The van der Waals surface area contributed by atoms with E-state index in [1.165, 1.54) is 18.0 Å². The number of fused-ring (bicyclic) bond motifs is 1. The Morgan fingerprint density at radius 1 is 1.24 bits per heavy atom. The number of anilines is 3. The van der Waals surface area contributed by atoms with Gasteiger partial charge < -0.3 is 14.4 Å². The minimum absolute atomic E-state index is 0.228. The second-order valence-electron chi connectivity index (χ2n) is 5.60. The highest BCUT2D eigenvalue weighted by molar-refractivity contribution is 8.00. The molecule has 1 aromatic heterocycles. The lowest BCUT2D eigenvalue weighted by Crippen LogP contribution is -2.29. The molecule has 0 aliphatic carbocycles. The molecule has 0 radical (unpaired) electrons. The molecule has 1 N–H and O–H groups in total. The molecule has 7 heteroatoms. The van der Waals surface area contributed by atoms with Gasteiger partial charge in [-0.25, -0.2) is 9.37 Å². The van der Waals surface area contributed by atoms with Crippen molar-refractivity contribution in [2.75, 3.05) is 22.8 Å².